The number of halogens is 1. The zero-order chi connectivity index (χ0) is 22.6. The molecule has 0 radical (unpaired) electrons. The molecular formula is C25H24FN5O2. The maximum Gasteiger partial charge on any atom is 0.260 e. The van der Waals surface area contributed by atoms with Gasteiger partial charge in [-0.05, 0) is 48.4 Å². The number of hydrogen-bond acceptors (Lipinski definition) is 5. The number of carbonyl (C=O) groups excluding carboxylic acids is 1. The normalized spacial score (nSPS) is 15.7. The van der Waals surface area contributed by atoms with Crippen LogP contribution in [0.4, 0.5) is 10.2 Å². The fraction of sp³-hybridized carbons (Fsp3) is 0.240. The Hall–Kier alpha value is -3.94. The molecule has 1 unspecified atom stereocenters. The fourth-order valence-electron chi connectivity index (χ4n) is 4.05. The first-order valence-corrected chi connectivity index (χ1v) is 10.9. The lowest BCUT2D eigenvalue weighted by Crippen LogP contribution is -2.32. The first-order valence-electron chi connectivity index (χ1n) is 10.9. The van der Waals surface area contributed by atoms with Gasteiger partial charge in [-0.3, -0.25) is 9.89 Å². The predicted octanol–water partition coefficient (Wildman–Crippen LogP) is 4.10. The second kappa shape index (κ2) is 9.28. The first-order chi connectivity index (χ1) is 16.2. The van der Waals surface area contributed by atoms with Gasteiger partial charge in [0, 0.05) is 31.2 Å². The third-order valence-corrected chi connectivity index (χ3v) is 5.88. The number of anilines is 1. The zero-order valence-corrected chi connectivity index (χ0v) is 18.0. The molecule has 0 aliphatic carbocycles. The van der Waals surface area contributed by atoms with Crippen molar-refractivity contribution in [3.05, 3.63) is 83.8 Å². The third-order valence-electron chi connectivity index (χ3n) is 5.88. The molecular weight excluding hydrogens is 421 g/mol. The number of likely N-dealkylation sites (tertiary alicyclic amines) is 1. The van der Waals surface area contributed by atoms with Crippen LogP contribution < -0.4 is 10.1 Å². The molecule has 1 fully saturated rings. The molecule has 7 nitrogen and oxygen atoms in total. The highest BCUT2D eigenvalue weighted by atomic mass is 19.1. The Bertz CT molecular complexity index is 1240. The fourth-order valence-corrected chi connectivity index (χ4v) is 4.05. The molecule has 2 aromatic carbocycles. The number of carbonyl (C=O) groups is 1. The SMILES string of the molecule is O=C(COc1ccccc1)N1CCC(c2ccc3c(NCc4ccc(F)cc4)n[nH]c3n2)C1. The third kappa shape index (κ3) is 4.79. The van der Waals surface area contributed by atoms with Gasteiger partial charge in [0.1, 0.15) is 11.6 Å². The van der Waals surface area contributed by atoms with Gasteiger partial charge in [0.15, 0.2) is 18.1 Å². The van der Waals surface area contributed by atoms with E-state index in [9.17, 15) is 9.18 Å². The number of nitrogens with zero attached hydrogens (tertiary/aromatic N) is 3. The minimum absolute atomic E-state index is 0.0174. The van der Waals surface area contributed by atoms with E-state index in [0.717, 1.165) is 23.1 Å². The number of aromatic amines is 1. The highest BCUT2D eigenvalue weighted by molar-refractivity contribution is 5.87. The van der Waals surface area contributed by atoms with Crippen molar-refractivity contribution in [1.29, 1.82) is 0 Å². The number of amides is 1. The Morgan fingerprint density at radius 2 is 1.94 bits per heavy atom. The number of fused-ring (bicyclic) bond motifs is 1. The number of ether oxygens (including phenoxy) is 1. The minimum atomic E-state index is -0.253. The van der Waals surface area contributed by atoms with Gasteiger partial charge in [-0.2, -0.15) is 5.10 Å². The van der Waals surface area contributed by atoms with Crippen LogP contribution in [-0.4, -0.2) is 45.7 Å². The van der Waals surface area contributed by atoms with E-state index in [-0.39, 0.29) is 24.2 Å². The Morgan fingerprint density at radius 1 is 1.12 bits per heavy atom. The molecule has 1 amide bonds. The Morgan fingerprint density at radius 3 is 2.76 bits per heavy atom. The summed E-state index contributed by atoms with van der Waals surface area (Å²) in [6.07, 6.45) is 0.861. The largest absolute Gasteiger partial charge is 0.484 e. The average molecular weight is 445 g/mol. The molecule has 3 heterocycles. The zero-order valence-electron chi connectivity index (χ0n) is 18.0. The van der Waals surface area contributed by atoms with Gasteiger partial charge in [0.2, 0.25) is 0 Å². The highest BCUT2D eigenvalue weighted by Gasteiger charge is 2.28. The van der Waals surface area contributed by atoms with Crippen LogP contribution in [0.2, 0.25) is 0 Å². The number of pyridine rings is 1. The van der Waals surface area contributed by atoms with E-state index in [1.165, 1.54) is 12.1 Å². The number of nitrogens with one attached hydrogen (secondary N) is 2. The second-order valence-corrected chi connectivity index (χ2v) is 8.11. The summed E-state index contributed by atoms with van der Waals surface area (Å²) in [6.45, 7) is 1.88. The molecule has 5 rings (SSSR count). The summed E-state index contributed by atoms with van der Waals surface area (Å²) in [4.78, 5) is 19.1. The summed E-state index contributed by atoms with van der Waals surface area (Å²) in [7, 11) is 0. The maximum atomic E-state index is 13.1. The molecule has 0 spiro atoms. The molecule has 1 aliphatic rings. The topological polar surface area (TPSA) is 83.1 Å². The van der Waals surface area contributed by atoms with Crippen LogP contribution in [0.15, 0.2) is 66.7 Å². The Labute approximate surface area is 190 Å². The van der Waals surface area contributed by atoms with Crippen molar-refractivity contribution >= 4 is 22.8 Å². The van der Waals surface area contributed by atoms with E-state index in [2.05, 4.69) is 15.5 Å². The van der Waals surface area contributed by atoms with Gasteiger partial charge in [-0.15, -0.1) is 0 Å². The number of benzene rings is 2. The molecule has 1 aliphatic heterocycles. The van der Waals surface area contributed by atoms with E-state index in [4.69, 9.17) is 9.72 Å². The van der Waals surface area contributed by atoms with Gasteiger partial charge in [-0.1, -0.05) is 30.3 Å². The summed E-state index contributed by atoms with van der Waals surface area (Å²) in [5, 5.41) is 11.5. The average Bonchev–Trinajstić information content (AvgIpc) is 3.50. The van der Waals surface area contributed by atoms with Crippen molar-refractivity contribution in [3.63, 3.8) is 0 Å². The van der Waals surface area contributed by atoms with Crippen LogP contribution in [0.3, 0.4) is 0 Å². The molecule has 1 atom stereocenters. The number of hydrogen-bond donors (Lipinski definition) is 2. The molecule has 1 saturated heterocycles. The van der Waals surface area contributed by atoms with Gasteiger partial charge >= 0.3 is 0 Å². The summed E-state index contributed by atoms with van der Waals surface area (Å²) >= 11 is 0. The molecule has 168 valence electrons. The van der Waals surface area contributed by atoms with Crippen molar-refractivity contribution in [2.75, 3.05) is 25.0 Å². The summed E-state index contributed by atoms with van der Waals surface area (Å²) < 4.78 is 18.7. The standard InChI is InChI=1S/C25H24FN5O2/c26-19-8-6-17(7-9-19)14-27-24-21-10-11-22(28-25(21)30-29-24)18-12-13-31(15-18)23(32)16-33-20-4-2-1-3-5-20/h1-11,18H,12-16H2,(H2,27,28,29,30). The lowest BCUT2D eigenvalue weighted by atomic mass is 10.0. The van der Waals surface area contributed by atoms with Gasteiger partial charge in [0.05, 0.1) is 5.39 Å². The minimum Gasteiger partial charge on any atom is -0.484 e. The van der Waals surface area contributed by atoms with Crippen molar-refractivity contribution in [1.82, 2.24) is 20.1 Å². The van der Waals surface area contributed by atoms with Crippen molar-refractivity contribution < 1.29 is 13.9 Å². The van der Waals surface area contributed by atoms with Crippen LogP contribution in [0.5, 0.6) is 5.75 Å². The van der Waals surface area contributed by atoms with Crippen LogP contribution in [0, 0.1) is 5.82 Å². The molecule has 8 heteroatoms. The number of rotatable bonds is 7. The van der Waals surface area contributed by atoms with E-state index in [1.807, 2.05) is 47.4 Å². The summed E-state index contributed by atoms with van der Waals surface area (Å²) in [5.74, 6) is 1.30. The van der Waals surface area contributed by atoms with E-state index >= 15 is 0 Å². The predicted molar refractivity (Wildman–Crippen MR) is 123 cm³/mol. The Balaban J connectivity index is 1.20. The van der Waals surface area contributed by atoms with E-state index in [0.29, 0.717) is 36.8 Å². The quantitative estimate of drug-likeness (QED) is 0.448. The molecule has 2 N–H and O–H groups in total. The first kappa shape index (κ1) is 20.9. The number of para-hydroxylation sites is 1. The van der Waals surface area contributed by atoms with Crippen molar-refractivity contribution in [3.8, 4) is 5.75 Å². The van der Waals surface area contributed by atoms with Crippen LogP contribution in [0.1, 0.15) is 23.6 Å². The molecule has 2 aromatic heterocycles. The van der Waals surface area contributed by atoms with Crippen LogP contribution in [-0.2, 0) is 11.3 Å². The van der Waals surface area contributed by atoms with Gasteiger partial charge in [-0.25, -0.2) is 9.37 Å². The monoisotopic (exact) mass is 445 g/mol. The molecule has 0 bridgehead atoms. The molecule has 0 saturated carbocycles. The lowest BCUT2D eigenvalue weighted by Gasteiger charge is -2.17. The smallest absolute Gasteiger partial charge is 0.260 e. The number of H-pyrrole nitrogens is 1. The highest BCUT2D eigenvalue weighted by Crippen LogP contribution is 2.29. The van der Waals surface area contributed by atoms with Gasteiger partial charge in [0.25, 0.3) is 5.91 Å². The van der Waals surface area contributed by atoms with Crippen molar-refractivity contribution in [2.45, 2.75) is 18.9 Å². The van der Waals surface area contributed by atoms with Gasteiger partial charge < -0.3 is 15.0 Å². The Kier molecular flexibility index (Phi) is 5.89. The van der Waals surface area contributed by atoms with E-state index in [1.54, 1.807) is 12.1 Å². The van der Waals surface area contributed by atoms with Crippen LogP contribution >= 0.6 is 0 Å². The molecule has 4 aromatic rings. The van der Waals surface area contributed by atoms with E-state index < -0.39 is 0 Å². The van der Waals surface area contributed by atoms with Crippen molar-refractivity contribution in [2.24, 2.45) is 0 Å². The van der Waals surface area contributed by atoms with Crippen LogP contribution in [0.25, 0.3) is 11.0 Å². The number of aromatic nitrogens is 3. The molecule has 33 heavy (non-hydrogen) atoms. The second-order valence-electron chi connectivity index (χ2n) is 8.11. The summed E-state index contributed by atoms with van der Waals surface area (Å²) in [5.41, 5.74) is 2.60. The lowest BCUT2D eigenvalue weighted by molar-refractivity contribution is -0.132. The summed E-state index contributed by atoms with van der Waals surface area (Å²) in [6, 6.07) is 19.7. The maximum absolute atomic E-state index is 13.1.